The molecule has 6 heteroatoms. The van der Waals surface area contributed by atoms with Crippen LogP contribution in [0, 0.1) is 0 Å². The van der Waals surface area contributed by atoms with E-state index in [-0.39, 0.29) is 16.8 Å². The smallest absolute Gasteiger partial charge is 0.217 e. The highest BCUT2D eigenvalue weighted by Crippen LogP contribution is 2.26. The lowest BCUT2D eigenvalue weighted by molar-refractivity contribution is 0.413. The number of sulfonamides is 1. The van der Waals surface area contributed by atoms with Gasteiger partial charge >= 0.3 is 0 Å². The molecule has 2 N–H and O–H groups in total. The lowest BCUT2D eigenvalue weighted by Crippen LogP contribution is -2.43. The molecule has 0 unspecified atom stereocenters. The van der Waals surface area contributed by atoms with E-state index < -0.39 is 10.0 Å². The first-order valence-electron chi connectivity index (χ1n) is 6.25. The molecule has 0 aromatic heterocycles. The first kappa shape index (κ1) is 14.9. The lowest BCUT2D eigenvalue weighted by Gasteiger charge is -2.29. The Kier molecular flexibility index (Phi) is 5.82. The maximum Gasteiger partial charge on any atom is 0.217 e. The summed E-state index contributed by atoms with van der Waals surface area (Å²) in [6.07, 6.45) is 5.51. The summed E-state index contributed by atoms with van der Waals surface area (Å²) in [5.41, 5.74) is 5.48. The zero-order chi connectivity index (χ0) is 12.9. The zero-order valence-corrected chi connectivity index (χ0v) is 12.0. The number of thiocarbonyl (C=S) groups is 1. The minimum atomic E-state index is -3.22. The summed E-state index contributed by atoms with van der Waals surface area (Å²) in [5.74, 6) is 0. The van der Waals surface area contributed by atoms with Crippen LogP contribution in [-0.2, 0) is 10.0 Å². The zero-order valence-electron chi connectivity index (χ0n) is 10.4. The third kappa shape index (κ3) is 4.19. The Morgan fingerprint density at radius 1 is 1.35 bits per heavy atom. The predicted octanol–water partition coefficient (Wildman–Crippen LogP) is 1.65. The summed E-state index contributed by atoms with van der Waals surface area (Å²) in [4.78, 5) is 0.248. The number of hydrogen-bond acceptors (Lipinski definition) is 3. The van der Waals surface area contributed by atoms with E-state index >= 15 is 0 Å². The summed E-state index contributed by atoms with van der Waals surface area (Å²) < 4.78 is 26.3. The third-order valence-electron chi connectivity index (χ3n) is 3.14. The Hall–Kier alpha value is -0.200. The second kappa shape index (κ2) is 6.66. The largest absolute Gasteiger partial charge is 0.392 e. The van der Waals surface area contributed by atoms with E-state index in [1.54, 1.807) is 0 Å². The molecule has 1 fully saturated rings. The van der Waals surface area contributed by atoms with E-state index in [2.05, 4.69) is 0 Å². The Labute approximate surface area is 110 Å². The van der Waals surface area contributed by atoms with Crippen molar-refractivity contribution in [2.24, 2.45) is 5.73 Å². The second-order valence-electron chi connectivity index (χ2n) is 4.60. The molecular formula is C11H22N2O2S2. The fourth-order valence-corrected chi connectivity index (χ4v) is 4.64. The van der Waals surface area contributed by atoms with Gasteiger partial charge in [0.15, 0.2) is 0 Å². The maximum absolute atomic E-state index is 12.4. The van der Waals surface area contributed by atoms with Crippen LogP contribution in [0.25, 0.3) is 0 Å². The van der Waals surface area contributed by atoms with Gasteiger partial charge in [-0.2, -0.15) is 4.31 Å². The molecule has 0 heterocycles. The molecule has 0 atom stereocenters. The van der Waals surface area contributed by atoms with Crippen molar-refractivity contribution in [3.8, 4) is 0 Å². The molecule has 0 spiro atoms. The standard InChI is InChI=1S/C11H22N2O2S2/c1-2-8-13(9-11(12)16)17(14,15)10-6-4-3-5-7-10/h10H,2-9H2,1H3,(H2,12,16). The van der Waals surface area contributed by atoms with Gasteiger partial charge in [0, 0.05) is 6.54 Å². The molecule has 0 saturated heterocycles. The minimum absolute atomic E-state index is 0.183. The van der Waals surface area contributed by atoms with Crippen LogP contribution in [0.2, 0.25) is 0 Å². The van der Waals surface area contributed by atoms with Crippen LogP contribution in [0.5, 0.6) is 0 Å². The van der Waals surface area contributed by atoms with Crippen molar-refractivity contribution in [3.63, 3.8) is 0 Å². The molecule has 0 radical (unpaired) electrons. The first-order chi connectivity index (χ1) is 7.98. The van der Waals surface area contributed by atoms with Crippen molar-refractivity contribution in [3.05, 3.63) is 0 Å². The third-order valence-corrected chi connectivity index (χ3v) is 5.61. The Morgan fingerprint density at radius 2 is 1.94 bits per heavy atom. The van der Waals surface area contributed by atoms with E-state index in [1.165, 1.54) is 4.31 Å². The van der Waals surface area contributed by atoms with Crippen molar-refractivity contribution in [2.75, 3.05) is 13.1 Å². The number of nitrogens with two attached hydrogens (primary N) is 1. The highest BCUT2D eigenvalue weighted by Gasteiger charge is 2.32. The van der Waals surface area contributed by atoms with Crippen LogP contribution in [0.15, 0.2) is 0 Å². The first-order valence-corrected chi connectivity index (χ1v) is 8.17. The molecule has 0 aromatic carbocycles. The van der Waals surface area contributed by atoms with Gasteiger partial charge in [0.1, 0.15) is 0 Å². The van der Waals surface area contributed by atoms with Crippen LogP contribution in [0.3, 0.4) is 0 Å². The van der Waals surface area contributed by atoms with Crippen molar-refractivity contribution < 1.29 is 8.42 Å². The molecule has 0 aromatic rings. The number of rotatable bonds is 6. The molecule has 100 valence electrons. The topological polar surface area (TPSA) is 63.4 Å². The van der Waals surface area contributed by atoms with Crippen LogP contribution >= 0.6 is 12.2 Å². The highest BCUT2D eigenvalue weighted by molar-refractivity contribution is 7.89. The molecule has 0 bridgehead atoms. The molecular weight excluding hydrogens is 256 g/mol. The Balaban J connectivity index is 2.78. The van der Waals surface area contributed by atoms with Gasteiger partial charge in [-0.05, 0) is 19.3 Å². The number of hydrogen-bond donors (Lipinski definition) is 1. The second-order valence-corrected chi connectivity index (χ2v) is 7.34. The fourth-order valence-electron chi connectivity index (χ4n) is 2.29. The molecule has 4 nitrogen and oxygen atoms in total. The Morgan fingerprint density at radius 3 is 2.41 bits per heavy atom. The normalized spacial score (nSPS) is 18.5. The quantitative estimate of drug-likeness (QED) is 0.750. The highest BCUT2D eigenvalue weighted by atomic mass is 32.2. The van der Waals surface area contributed by atoms with Gasteiger partial charge in [-0.1, -0.05) is 38.4 Å². The molecule has 0 aliphatic heterocycles. The van der Waals surface area contributed by atoms with E-state index in [4.69, 9.17) is 18.0 Å². The number of nitrogens with zero attached hydrogens (tertiary/aromatic N) is 1. The van der Waals surface area contributed by atoms with E-state index in [0.29, 0.717) is 6.54 Å². The maximum atomic E-state index is 12.4. The van der Waals surface area contributed by atoms with Gasteiger partial charge in [-0.3, -0.25) is 0 Å². The van der Waals surface area contributed by atoms with Crippen LogP contribution in [0.1, 0.15) is 45.4 Å². The molecule has 17 heavy (non-hydrogen) atoms. The predicted molar refractivity (Wildman–Crippen MR) is 74.4 cm³/mol. The van der Waals surface area contributed by atoms with Crippen molar-refractivity contribution in [1.82, 2.24) is 4.31 Å². The molecule has 1 rings (SSSR count). The Bertz CT molecular complexity index is 348. The van der Waals surface area contributed by atoms with Crippen LogP contribution in [0.4, 0.5) is 0 Å². The summed E-state index contributed by atoms with van der Waals surface area (Å²) in [6.45, 7) is 2.65. The molecule has 0 amide bonds. The summed E-state index contributed by atoms with van der Waals surface area (Å²) in [7, 11) is -3.22. The van der Waals surface area contributed by atoms with Crippen LogP contribution < -0.4 is 5.73 Å². The summed E-state index contributed by atoms with van der Waals surface area (Å²) in [6, 6.07) is 0. The van der Waals surface area contributed by atoms with Crippen molar-refractivity contribution in [1.29, 1.82) is 0 Å². The molecule has 1 aliphatic rings. The van der Waals surface area contributed by atoms with Gasteiger partial charge in [-0.25, -0.2) is 8.42 Å². The van der Waals surface area contributed by atoms with Gasteiger partial charge in [0.2, 0.25) is 10.0 Å². The average molecular weight is 278 g/mol. The van der Waals surface area contributed by atoms with Gasteiger partial charge in [0.25, 0.3) is 0 Å². The molecule has 1 saturated carbocycles. The van der Waals surface area contributed by atoms with Crippen molar-refractivity contribution in [2.45, 2.75) is 50.7 Å². The van der Waals surface area contributed by atoms with E-state index in [9.17, 15) is 8.42 Å². The summed E-state index contributed by atoms with van der Waals surface area (Å²) >= 11 is 4.83. The fraction of sp³-hybridized carbons (Fsp3) is 0.909. The summed E-state index contributed by atoms with van der Waals surface area (Å²) in [5, 5.41) is -0.225. The van der Waals surface area contributed by atoms with Gasteiger partial charge in [0.05, 0.1) is 16.8 Å². The lowest BCUT2D eigenvalue weighted by atomic mass is 10.0. The minimum Gasteiger partial charge on any atom is -0.392 e. The monoisotopic (exact) mass is 278 g/mol. The molecule has 1 aliphatic carbocycles. The van der Waals surface area contributed by atoms with Crippen LogP contribution in [-0.4, -0.2) is 36.1 Å². The average Bonchev–Trinajstić information content (AvgIpc) is 2.29. The SMILES string of the molecule is CCCN(CC(N)=S)S(=O)(=O)C1CCCCC1. The van der Waals surface area contributed by atoms with E-state index in [0.717, 1.165) is 38.5 Å². The van der Waals surface area contributed by atoms with Gasteiger partial charge in [-0.15, -0.1) is 0 Å². The van der Waals surface area contributed by atoms with Gasteiger partial charge < -0.3 is 5.73 Å². The van der Waals surface area contributed by atoms with Crippen molar-refractivity contribution >= 4 is 27.2 Å². The van der Waals surface area contributed by atoms with E-state index in [1.807, 2.05) is 6.92 Å².